The van der Waals surface area contributed by atoms with Crippen molar-refractivity contribution in [1.29, 1.82) is 0 Å². The fourth-order valence-electron chi connectivity index (χ4n) is 2.67. The van der Waals surface area contributed by atoms with Crippen molar-refractivity contribution < 1.29 is 9.90 Å². The van der Waals surface area contributed by atoms with Gasteiger partial charge in [0.2, 0.25) is 0 Å². The molecule has 1 aliphatic carbocycles. The normalized spacial score (nSPS) is 21.6. The third-order valence-electron chi connectivity index (χ3n) is 3.97. The van der Waals surface area contributed by atoms with Gasteiger partial charge in [-0.1, -0.05) is 15.9 Å². The average molecular weight is 310 g/mol. The second-order valence-corrected chi connectivity index (χ2v) is 6.41. The van der Waals surface area contributed by atoms with Crippen LogP contribution in [0.1, 0.15) is 28.8 Å². The molecule has 1 aliphatic heterocycles. The van der Waals surface area contributed by atoms with Crippen LogP contribution in [0.15, 0.2) is 22.7 Å². The topological polar surface area (TPSA) is 40.5 Å². The SMILES string of the molecule is Cc1cc(Br)ccc1C(=O)N1CC(O)(C2CC2)C1. The zero-order valence-electron chi connectivity index (χ0n) is 10.3. The Hall–Kier alpha value is -0.870. The second kappa shape index (κ2) is 4.07. The molecule has 1 N–H and O–H groups in total. The van der Waals surface area contributed by atoms with Gasteiger partial charge in [-0.15, -0.1) is 0 Å². The highest BCUT2D eigenvalue weighted by Crippen LogP contribution is 2.44. The Morgan fingerprint density at radius 3 is 2.67 bits per heavy atom. The summed E-state index contributed by atoms with van der Waals surface area (Å²) in [4.78, 5) is 14.0. The molecule has 2 aliphatic rings. The highest BCUT2D eigenvalue weighted by molar-refractivity contribution is 9.10. The fourth-order valence-corrected chi connectivity index (χ4v) is 3.15. The Morgan fingerprint density at radius 2 is 2.11 bits per heavy atom. The van der Waals surface area contributed by atoms with Crippen molar-refractivity contribution in [3.8, 4) is 0 Å². The van der Waals surface area contributed by atoms with E-state index in [1.165, 1.54) is 0 Å². The summed E-state index contributed by atoms with van der Waals surface area (Å²) in [6.45, 7) is 2.92. The summed E-state index contributed by atoms with van der Waals surface area (Å²) in [5, 5.41) is 10.2. The number of halogens is 1. The molecule has 1 saturated heterocycles. The molecule has 0 bridgehead atoms. The third-order valence-corrected chi connectivity index (χ3v) is 4.47. The molecule has 1 amide bonds. The largest absolute Gasteiger partial charge is 0.386 e. The number of likely N-dealkylation sites (tertiary alicyclic amines) is 1. The van der Waals surface area contributed by atoms with Crippen LogP contribution in [0.5, 0.6) is 0 Å². The van der Waals surface area contributed by atoms with E-state index in [9.17, 15) is 9.90 Å². The van der Waals surface area contributed by atoms with Crippen LogP contribution in [0, 0.1) is 12.8 Å². The summed E-state index contributed by atoms with van der Waals surface area (Å²) in [5.74, 6) is 0.456. The lowest BCUT2D eigenvalue weighted by atomic mass is 9.88. The van der Waals surface area contributed by atoms with Gasteiger partial charge in [-0.3, -0.25) is 4.79 Å². The minimum atomic E-state index is -0.598. The zero-order chi connectivity index (χ0) is 12.9. The zero-order valence-corrected chi connectivity index (χ0v) is 11.9. The molecule has 2 fully saturated rings. The molecule has 18 heavy (non-hydrogen) atoms. The Kier molecular flexibility index (Phi) is 2.75. The van der Waals surface area contributed by atoms with Crippen LogP contribution in [-0.4, -0.2) is 34.6 Å². The van der Waals surface area contributed by atoms with E-state index < -0.39 is 5.60 Å². The minimum Gasteiger partial charge on any atom is -0.386 e. The van der Waals surface area contributed by atoms with Crippen LogP contribution >= 0.6 is 15.9 Å². The lowest BCUT2D eigenvalue weighted by Crippen LogP contribution is -2.64. The third kappa shape index (κ3) is 1.97. The van der Waals surface area contributed by atoms with E-state index in [1.807, 2.05) is 25.1 Å². The van der Waals surface area contributed by atoms with E-state index in [4.69, 9.17) is 0 Å². The van der Waals surface area contributed by atoms with Crippen molar-refractivity contribution in [2.45, 2.75) is 25.4 Å². The molecule has 0 aromatic heterocycles. The van der Waals surface area contributed by atoms with Gasteiger partial charge in [0.05, 0.1) is 13.1 Å². The second-order valence-electron chi connectivity index (χ2n) is 5.50. The molecule has 3 rings (SSSR count). The van der Waals surface area contributed by atoms with Gasteiger partial charge in [-0.2, -0.15) is 0 Å². The first-order valence-corrected chi connectivity index (χ1v) is 7.07. The number of benzene rings is 1. The maximum absolute atomic E-state index is 12.3. The number of aliphatic hydroxyl groups is 1. The molecule has 1 saturated carbocycles. The number of carbonyl (C=O) groups is 1. The number of nitrogens with zero attached hydrogens (tertiary/aromatic N) is 1. The summed E-state index contributed by atoms with van der Waals surface area (Å²) in [5.41, 5.74) is 1.10. The standard InChI is InChI=1S/C14H16BrNO2/c1-9-6-11(15)4-5-12(9)13(17)16-7-14(18,8-16)10-2-3-10/h4-6,10,18H,2-3,7-8H2,1H3. The highest BCUT2D eigenvalue weighted by atomic mass is 79.9. The first kappa shape index (κ1) is 12.2. The maximum Gasteiger partial charge on any atom is 0.254 e. The van der Waals surface area contributed by atoms with Gasteiger partial charge in [0.25, 0.3) is 5.91 Å². The van der Waals surface area contributed by atoms with Crippen molar-refractivity contribution >= 4 is 21.8 Å². The molecule has 1 heterocycles. The van der Waals surface area contributed by atoms with Crippen molar-refractivity contribution in [2.24, 2.45) is 5.92 Å². The van der Waals surface area contributed by atoms with Crippen molar-refractivity contribution in [2.75, 3.05) is 13.1 Å². The Balaban J connectivity index is 1.72. The fraction of sp³-hybridized carbons (Fsp3) is 0.500. The predicted octanol–water partition coefficient (Wildman–Crippen LogP) is 2.35. The summed E-state index contributed by atoms with van der Waals surface area (Å²) < 4.78 is 0.981. The average Bonchev–Trinajstić information content (AvgIpc) is 3.08. The number of hydrogen-bond donors (Lipinski definition) is 1. The van der Waals surface area contributed by atoms with Crippen molar-refractivity contribution in [1.82, 2.24) is 4.90 Å². The number of carbonyl (C=O) groups excluding carboxylic acids is 1. The van der Waals surface area contributed by atoms with E-state index in [1.54, 1.807) is 4.90 Å². The lowest BCUT2D eigenvalue weighted by Gasteiger charge is -2.47. The van der Waals surface area contributed by atoms with Gasteiger partial charge in [-0.25, -0.2) is 0 Å². The van der Waals surface area contributed by atoms with Crippen LogP contribution in [-0.2, 0) is 0 Å². The molecular formula is C14H16BrNO2. The van der Waals surface area contributed by atoms with Gasteiger partial charge < -0.3 is 10.0 Å². The highest BCUT2D eigenvalue weighted by Gasteiger charge is 2.53. The van der Waals surface area contributed by atoms with E-state index in [-0.39, 0.29) is 5.91 Å². The van der Waals surface area contributed by atoms with Crippen LogP contribution in [0.3, 0.4) is 0 Å². The van der Waals surface area contributed by atoms with Gasteiger partial charge in [0, 0.05) is 10.0 Å². The molecule has 1 aromatic carbocycles. The molecular weight excluding hydrogens is 294 g/mol. The van der Waals surface area contributed by atoms with E-state index in [0.29, 0.717) is 19.0 Å². The molecule has 0 spiro atoms. The molecule has 4 heteroatoms. The van der Waals surface area contributed by atoms with Crippen LogP contribution < -0.4 is 0 Å². The van der Waals surface area contributed by atoms with E-state index in [0.717, 1.165) is 28.4 Å². The summed E-state index contributed by atoms with van der Waals surface area (Å²) in [7, 11) is 0. The van der Waals surface area contributed by atoms with Gasteiger partial charge in [0.15, 0.2) is 0 Å². The predicted molar refractivity (Wildman–Crippen MR) is 72.5 cm³/mol. The molecule has 0 atom stereocenters. The number of hydrogen-bond acceptors (Lipinski definition) is 2. The molecule has 96 valence electrons. The molecule has 3 nitrogen and oxygen atoms in total. The summed E-state index contributed by atoms with van der Waals surface area (Å²) in [6.07, 6.45) is 2.21. The Labute approximate surface area is 115 Å². The van der Waals surface area contributed by atoms with Crippen LogP contribution in [0.25, 0.3) is 0 Å². The van der Waals surface area contributed by atoms with Gasteiger partial charge in [-0.05, 0) is 49.4 Å². The number of rotatable bonds is 2. The minimum absolute atomic E-state index is 0.0327. The molecule has 0 unspecified atom stereocenters. The van der Waals surface area contributed by atoms with E-state index >= 15 is 0 Å². The number of aryl methyl sites for hydroxylation is 1. The quantitative estimate of drug-likeness (QED) is 0.911. The molecule has 1 aromatic rings. The first-order valence-electron chi connectivity index (χ1n) is 6.27. The summed E-state index contributed by atoms with van der Waals surface area (Å²) in [6, 6.07) is 5.67. The van der Waals surface area contributed by atoms with Crippen LogP contribution in [0.2, 0.25) is 0 Å². The van der Waals surface area contributed by atoms with Gasteiger partial charge >= 0.3 is 0 Å². The van der Waals surface area contributed by atoms with Crippen molar-refractivity contribution in [3.05, 3.63) is 33.8 Å². The Morgan fingerprint density at radius 1 is 1.44 bits per heavy atom. The maximum atomic E-state index is 12.3. The van der Waals surface area contributed by atoms with Gasteiger partial charge in [0.1, 0.15) is 5.60 Å². The first-order chi connectivity index (χ1) is 8.49. The smallest absolute Gasteiger partial charge is 0.254 e. The number of β-amino-alcohol motifs (C(OH)–C–C–N with tert-alkyl or cyclic N) is 1. The number of amides is 1. The van der Waals surface area contributed by atoms with Crippen LogP contribution in [0.4, 0.5) is 0 Å². The van der Waals surface area contributed by atoms with Crippen molar-refractivity contribution in [3.63, 3.8) is 0 Å². The molecule has 0 radical (unpaired) electrons. The summed E-state index contributed by atoms with van der Waals surface area (Å²) >= 11 is 3.39. The lowest BCUT2D eigenvalue weighted by molar-refractivity contribution is -0.0958. The Bertz CT molecular complexity index is 505. The monoisotopic (exact) mass is 309 g/mol. The van der Waals surface area contributed by atoms with E-state index in [2.05, 4.69) is 15.9 Å².